The molecule has 2 amide bonds. The molecule has 0 bridgehead atoms. The number of hydrogen-bond acceptors (Lipinski definition) is 6. The van der Waals surface area contributed by atoms with E-state index in [0.29, 0.717) is 12.4 Å². The Bertz CT molecular complexity index is 828. The first-order valence-corrected chi connectivity index (χ1v) is 8.30. The first kappa shape index (κ1) is 16.1. The van der Waals surface area contributed by atoms with Crippen LogP contribution < -0.4 is 10.6 Å². The molecule has 0 atom stereocenters. The first-order valence-electron chi connectivity index (χ1n) is 7.48. The Balaban J connectivity index is 1.53. The quantitative estimate of drug-likeness (QED) is 0.742. The number of hydrogen-bond donors (Lipinski definition) is 2. The molecule has 0 spiro atoms. The second kappa shape index (κ2) is 7.22. The van der Waals surface area contributed by atoms with Gasteiger partial charge in [0.15, 0.2) is 0 Å². The van der Waals surface area contributed by atoms with Crippen molar-refractivity contribution in [3.63, 3.8) is 0 Å². The summed E-state index contributed by atoms with van der Waals surface area (Å²) in [6.07, 6.45) is 0.753. The van der Waals surface area contributed by atoms with Crippen LogP contribution in [-0.4, -0.2) is 27.8 Å². The molecule has 1 aromatic carbocycles. The molecule has 0 radical (unpaired) electrons. The van der Waals surface area contributed by atoms with E-state index in [1.165, 1.54) is 11.3 Å². The third kappa shape index (κ3) is 3.96. The standard InChI is InChI=1S/C16H17N5O2S/c1-10-13(24-11(2)18-10)14-20-21-16(23-14)19-15(22)17-9-8-12-6-4-3-5-7-12/h3-7H,8-9H2,1-2H3,(H2,17,19,21,22). The number of rotatable bonds is 5. The molecule has 7 nitrogen and oxygen atoms in total. The molecule has 0 unspecified atom stereocenters. The second-order valence-corrected chi connectivity index (χ2v) is 6.38. The van der Waals surface area contributed by atoms with Crippen molar-refractivity contribution in [3.05, 3.63) is 46.6 Å². The highest BCUT2D eigenvalue weighted by Gasteiger charge is 2.15. The third-order valence-electron chi connectivity index (χ3n) is 3.29. The second-order valence-electron chi connectivity index (χ2n) is 5.18. The summed E-state index contributed by atoms with van der Waals surface area (Å²) in [4.78, 5) is 17.0. The van der Waals surface area contributed by atoms with Crippen molar-refractivity contribution < 1.29 is 9.21 Å². The first-order chi connectivity index (χ1) is 11.6. The average molecular weight is 343 g/mol. The summed E-state index contributed by atoms with van der Waals surface area (Å²) in [5.41, 5.74) is 1.99. The Hall–Kier alpha value is -2.74. The Morgan fingerprint density at radius 3 is 2.71 bits per heavy atom. The summed E-state index contributed by atoms with van der Waals surface area (Å²) in [6.45, 7) is 4.31. The van der Waals surface area contributed by atoms with Crippen molar-refractivity contribution in [1.82, 2.24) is 20.5 Å². The van der Waals surface area contributed by atoms with Crippen molar-refractivity contribution >= 4 is 23.4 Å². The fraction of sp³-hybridized carbons (Fsp3) is 0.250. The summed E-state index contributed by atoms with van der Waals surface area (Å²) >= 11 is 1.48. The lowest BCUT2D eigenvalue weighted by Crippen LogP contribution is -2.30. The lowest BCUT2D eigenvalue weighted by molar-refractivity contribution is 0.251. The summed E-state index contributed by atoms with van der Waals surface area (Å²) in [7, 11) is 0. The van der Waals surface area contributed by atoms with E-state index in [9.17, 15) is 4.79 Å². The fourth-order valence-electron chi connectivity index (χ4n) is 2.20. The Morgan fingerprint density at radius 2 is 2.00 bits per heavy atom. The van der Waals surface area contributed by atoms with Gasteiger partial charge in [0.2, 0.25) is 0 Å². The lowest BCUT2D eigenvalue weighted by Gasteiger charge is -2.04. The smallest absolute Gasteiger partial charge is 0.324 e. The van der Waals surface area contributed by atoms with Crippen LogP contribution in [0.2, 0.25) is 0 Å². The predicted octanol–water partition coefficient (Wildman–Crippen LogP) is 3.17. The number of nitrogens with zero attached hydrogens (tertiary/aromatic N) is 3. The van der Waals surface area contributed by atoms with Crippen LogP contribution in [0, 0.1) is 13.8 Å². The predicted molar refractivity (Wildman–Crippen MR) is 92.0 cm³/mol. The summed E-state index contributed by atoms with van der Waals surface area (Å²) in [6, 6.07) is 9.62. The van der Waals surface area contributed by atoms with Crippen LogP contribution in [0.25, 0.3) is 10.8 Å². The molecule has 8 heteroatoms. The van der Waals surface area contributed by atoms with E-state index in [0.717, 1.165) is 27.6 Å². The number of carbonyl (C=O) groups excluding carboxylic acids is 1. The van der Waals surface area contributed by atoms with Gasteiger partial charge in [0.05, 0.1) is 10.7 Å². The van der Waals surface area contributed by atoms with Crippen LogP contribution in [0.5, 0.6) is 0 Å². The van der Waals surface area contributed by atoms with Gasteiger partial charge in [-0.1, -0.05) is 35.4 Å². The number of nitrogens with one attached hydrogen (secondary N) is 2. The van der Waals surface area contributed by atoms with E-state index in [-0.39, 0.29) is 12.0 Å². The molecule has 2 heterocycles. The Morgan fingerprint density at radius 1 is 1.21 bits per heavy atom. The highest BCUT2D eigenvalue weighted by Crippen LogP contribution is 2.29. The summed E-state index contributed by atoms with van der Waals surface area (Å²) in [5, 5.41) is 14.0. The van der Waals surface area contributed by atoms with E-state index in [4.69, 9.17) is 4.42 Å². The third-order valence-corrected chi connectivity index (χ3v) is 4.35. The normalized spacial score (nSPS) is 10.6. The van der Waals surface area contributed by atoms with E-state index >= 15 is 0 Å². The maximum absolute atomic E-state index is 11.9. The Labute approximate surface area is 143 Å². The number of urea groups is 1. The topological polar surface area (TPSA) is 92.9 Å². The fourth-order valence-corrected chi connectivity index (χ4v) is 3.04. The molecule has 0 fully saturated rings. The van der Waals surface area contributed by atoms with Gasteiger partial charge in [0, 0.05) is 6.54 Å². The molecular weight excluding hydrogens is 326 g/mol. The maximum Gasteiger partial charge on any atom is 0.324 e. The van der Waals surface area contributed by atoms with Crippen molar-refractivity contribution in [2.45, 2.75) is 20.3 Å². The van der Waals surface area contributed by atoms with Crippen LogP contribution in [0.1, 0.15) is 16.3 Å². The minimum atomic E-state index is -0.377. The lowest BCUT2D eigenvalue weighted by atomic mass is 10.1. The van der Waals surface area contributed by atoms with Crippen LogP contribution in [0.15, 0.2) is 34.7 Å². The van der Waals surface area contributed by atoms with Gasteiger partial charge in [-0.15, -0.1) is 16.4 Å². The van der Waals surface area contributed by atoms with Gasteiger partial charge >= 0.3 is 12.0 Å². The summed E-state index contributed by atoms with van der Waals surface area (Å²) < 4.78 is 5.48. The van der Waals surface area contributed by atoms with Gasteiger partial charge < -0.3 is 9.73 Å². The van der Waals surface area contributed by atoms with Crippen LogP contribution in [0.4, 0.5) is 10.8 Å². The van der Waals surface area contributed by atoms with Crippen LogP contribution in [0.3, 0.4) is 0 Å². The maximum atomic E-state index is 11.9. The minimum Gasteiger partial charge on any atom is -0.402 e. The van der Waals surface area contributed by atoms with E-state index < -0.39 is 0 Å². The molecule has 24 heavy (non-hydrogen) atoms. The van der Waals surface area contributed by atoms with E-state index in [2.05, 4.69) is 25.8 Å². The molecule has 3 rings (SSSR count). The molecule has 0 aliphatic carbocycles. The molecular formula is C16H17N5O2S. The minimum absolute atomic E-state index is 0.0627. The number of aryl methyl sites for hydroxylation is 2. The van der Waals surface area contributed by atoms with Gasteiger partial charge in [-0.25, -0.2) is 9.78 Å². The highest BCUT2D eigenvalue weighted by atomic mass is 32.1. The Kier molecular flexibility index (Phi) is 4.85. The van der Waals surface area contributed by atoms with Gasteiger partial charge in [-0.05, 0) is 25.8 Å². The number of anilines is 1. The molecule has 3 aromatic rings. The van der Waals surface area contributed by atoms with E-state index in [1.807, 2.05) is 44.2 Å². The highest BCUT2D eigenvalue weighted by molar-refractivity contribution is 7.15. The van der Waals surface area contributed by atoms with Crippen molar-refractivity contribution in [2.24, 2.45) is 0 Å². The molecule has 2 N–H and O–H groups in total. The van der Waals surface area contributed by atoms with Gasteiger partial charge in [-0.3, -0.25) is 5.32 Å². The number of amides is 2. The van der Waals surface area contributed by atoms with Crippen molar-refractivity contribution in [2.75, 3.05) is 11.9 Å². The van der Waals surface area contributed by atoms with Gasteiger partial charge in [0.1, 0.15) is 4.88 Å². The SMILES string of the molecule is Cc1nc(C)c(-c2nnc(NC(=O)NCCc3ccccc3)o2)s1. The zero-order valence-corrected chi connectivity index (χ0v) is 14.2. The molecule has 0 aliphatic heterocycles. The number of thiazole rings is 1. The largest absolute Gasteiger partial charge is 0.402 e. The summed E-state index contributed by atoms with van der Waals surface area (Å²) in [5.74, 6) is 0.359. The molecule has 124 valence electrons. The molecule has 0 aliphatic rings. The van der Waals surface area contributed by atoms with Crippen molar-refractivity contribution in [1.29, 1.82) is 0 Å². The van der Waals surface area contributed by atoms with Crippen molar-refractivity contribution in [3.8, 4) is 10.8 Å². The molecule has 2 aromatic heterocycles. The van der Waals surface area contributed by atoms with Gasteiger partial charge in [-0.2, -0.15) is 0 Å². The van der Waals surface area contributed by atoms with Crippen LogP contribution >= 0.6 is 11.3 Å². The molecule has 0 saturated heterocycles. The van der Waals surface area contributed by atoms with Crippen LogP contribution in [-0.2, 0) is 6.42 Å². The average Bonchev–Trinajstić information content (AvgIpc) is 3.14. The van der Waals surface area contributed by atoms with Gasteiger partial charge in [0.25, 0.3) is 5.89 Å². The monoisotopic (exact) mass is 343 g/mol. The van der Waals surface area contributed by atoms with E-state index in [1.54, 1.807) is 0 Å². The zero-order chi connectivity index (χ0) is 16.9. The molecule has 0 saturated carbocycles. The number of carbonyl (C=O) groups is 1. The number of benzene rings is 1. The zero-order valence-electron chi connectivity index (χ0n) is 13.4. The number of aromatic nitrogens is 3.